The normalized spacial score (nSPS) is 27.5. The largest absolute Gasteiger partial charge is 0.487 e. The van der Waals surface area contributed by atoms with Crippen LogP contribution in [0, 0.1) is 11.8 Å². The maximum Gasteiger partial charge on any atom is 0.323 e. The van der Waals surface area contributed by atoms with E-state index >= 15 is 0 Å². The van der Waals surface area contributed by atoms with Crippen LogP contribution in [-0.2, 0) is 14.3 Å². The summed E-state index contributed by atoms with van der Waals surface area (Å²) in [5.41, 5.74) is 1.40. The van der Waals surface area contributed by atoms with Crippen molar-refractivity contribution in [1.82, 2.24) is 4.90 Å². The van der Waals surface area contributed by atoms with Crippen LogP contribution < -0.4 is 9.64 Å². The SMILES string of the molecule is CC1(C)Oc2ccccc2[C@H]2O[C@H]3CCN(CC(=O)N(CC(=O)O)c4ccccc4)C[C@@H]3C[C@@H]21. The molecule has 2 aromatic rings. The van der Waals surface area contributed by atoms with Gasteiger partial charge < -0.3 is 19.5 Å². The highest BCUT2D eigenvalue weighted by atomic mass is 16.5. The van der Waals surface area contributed by atoms with E-state index in [1.54, 1.807) is 12.1 Å². The quantitative estimate of drug-likeness (QED) is 0.726. The molecule has 4 atom stereocenters. The Morgan fingerprint density at radius 1 is 1.12 bits per heavy atom. The fraction of sp³-hybridized carbons (Fsp3) is 0.481. The Morgan fingerprint density at radius 2 is 1.85 bits per heavy atom. The number of hydrogen-bond acceptors (Lipinski definition) is 5. The number of likely N-dealkylation sites (tertiary alicyclic amines) is 1. The summed E-state index contributed by atoms with van der Waals surface area (Å²) in [6.45, 7) is 5.63. The van der Waals surface area contributed by atoms with E-state index in [1.165, 1.54) is 4.90 Å². The molecule has 7 heteroatoms. The number of rotatable bonds is 5. The predicted octanol–water partition coefficient (Wildman–Crippen LogP) is 3.74. The van der Waals surface area contributed by atoms with E-state index in [0.29, 0.717) is 11.6 Å². The van der Waals surface area contributed by atoms with Crippen LogP contribution in [0.15, 0.2) is 54.6 Å². The third-order valence-corrected chi connectivity index (χ3v) is 7.50. The molecule has 0 bridgehead atoms. The van der Waals surface area contributed by atoms with Gasteiger partial charge in [-0.2, -0.15) is 0 Å². The molecular weight excluding hydrogens is 432 g/mol. The number of aliphatic carboxylic acids is 1. The van der Waals surface area contributed by atoms with Crippen LogP contribution in [0.1, 0.15) is 38.4 Å². The number of benzene rings is 2. The minimum Gasteiger partial charge on any atom is -0.487 e. The lowest BCUT2D eigenvalue weighted by Gasteiger charge is -2.53. The highest BCUT2D eigenvalue weighted by Crippen LogP contribution is 2.52. The lowest BCUT2D eigenvalue weighted by molar-refractivity contribution is -0.187. The standard InChI is InChI=1S/C27H32N2O5/c1-27(2)21-14-18-15-28(16-24(30)29(17-25(31)32)19-8-4-3-5-9-19)13-12-22(18)33-26(21)20-10-6-7-11-23(20)34-27/h3-11,18,21-22,26H,12-17H2,1-2H3,(H,31,32)/t18-,21-,22-,26+/m0/s1. The van der Waals surface area contributed by atoms with Gasteiger partial charge in [-0.25, -0.2) is 0 Å². The average Bonchev–Trinajstić information content (AvgIpc) is 2.82. The number of carboxylic acids is 1. The van der Waals surface area contributed by atoms with Crippen molar-refractivity contribution in [2.45, 2.75) is 44.5 Å². The van der Waals surface area contributed by atoms with Gasteiger partial charge in [-0.05, 0) is 50.8 Å². The van der Waals surface area contributed by atoms with Gasteiger partial charge in [0.1, 0.15) is 17.9 Å². The molecule has 1 amide bonds. The van der Waals surface area contributed by atoms with Crippen LogP contribution in [0.3, 0.4) is 0 Å². The highest BCUT2D eigenvalue weighted by Gasteiger charge is 2.51. The summed E-state index contributed by atoms with van der Waals surface area (Å²) < 4.78 is 13.1. The molecule has 2 fully saturated rings. The minimum absolute atomic E-state index is 0.0264. The van der Waals surface area contributed by atoms with Crippen molar-refractivity contribution in [2.75, 3.05) is 31.1 Å². The molecule has 2 aromatic carbocycles. The number of anilines is 1. The first kappa shape index (κ1) is 22.9. The van der Waals surface area contributed by atoms with Crippen molar-refractivity contribution >= 4 is 17.6 Å². The first-order valence-corrected chi connectivity index (χ1v) is 12.0. The lowest BCUT2D eigenvalue weighted by atomic mass is 9.70. The molecular formula is C27H32N2O5. The molecule has 3 aliphatic heterocycles. The summed E-state index contributed by atoms with van der Waals surface area (Å²) in [7, 11) is 0. The van der Waals surface area contributed by atoms with Crippen LogP contribution in [0.2, 0.25) is 0 Å². The van der Waals surface area contributed by atoms with Gasteiger partial charge in [-0.1, -0.05) is 36.4 Å². The second-order valence-electron chi connectivity index (χ2n) is 10.2. The van der Waals surface area contributed by atoms with Gasteiger partial charge in [0.2, 0.25) is 5.91 Å². The number of nitrogens with zero attached hydrogens (tertiary/aromatic N) is 2. The summed E-state index contributed by atoms with van der Waals surface area (Å²) in [4.78, 5) is 28.1. The zero-order valence-corrected chi connectivity index (χ0v) is 19.7. The molecule has 180 valence electrons. The number of carbonyl (C=O) groups is 2. The Kier molecular flexibility index (Phi) is 6.08. The van der Waals surface area contributed by atoms with Gasteiger partial charge >= 0.3 is 5.97 Å². The Bertz CT molecular complexity index is 1060. The summed E-state index contributed by atoms with van der Waals surface area (Å²) >= 11 is 0. The number of amides is 1. The van der Waals surface area contributed by atoms with Crippen molar-refractivity contribution in [3.63, 3.8) is 0 Å². The second-order valence-corrected chi connectivity index (χ2v) is 10.2. The molecule has 0 saturated carbocycles. The van der Waals surface area contributed by atoms with Crippen LogP contribution in [0.25, 0.3) is 0 Å². The lowest BCUT2D eigenvalue weighted by Crippen LogP contribution is -2.56. The number of carbonyl (C=O) groups excluding carboxylic acids is 1. The molecule has 0 spiro atoms. The number of hydrogen-bond donors (Lipinski definition) is 1. The van der Waals surface area contributed by atoms with E-state index < -0.39 is 5.97 Å². The molecule has 3 aliphatic rings. The van der Waals surface area contributed by atoms with Crippen molar-refractivity contribution in [3.8, 4) is 5.75 Å². The number of fused-ring (bicyclic) bond motifs is 4. The zero-order chi connectivity index (χ0) is 23.9. The fourth-order valence-electron chi connectivity index (χ4n) is 5.82. The highest BCUT2D eigenvalue weighted by molar-refractivity contribution is 5.98. The molecule has 1 N–H and O–H groups in total. The van der Waals surface area contributed by atoms with Gasteiger partial charge in [-0.15, -0.1) is 0 Å². The number of carboxylic acid groups (broad SMARTS) is 1. The number of ether oxygens (including phenoxy) is 2. The topological polar surface area (TPSA) is 79.3 Å². The van der Waals surface area contributed by atoms with Crippen LogP contribution in [0.4, 0.5) is 5.69 Å². The molecule has 0 radical (unpaired) electrons. The molecule has 0 unspecified atom stereocenters. The summed E-state index contributed by atoms with van der Waals surface area (Å²) in [5.74, 6) is 0.224. The van der Waals surface area contributed by atoms with E-state index in [9.17, 15) is 14.7 Å². The third kappa shape index (κ3) is 4.42. The maximum absolute atomic E-state index is 13.1. The molecule has 5 rings (SSSR count). The Morgan fingerprint density at radius 3 is 2.62 bits per heavy atom. The van der Waals surface area contributed by atoms with Crippen molar-refractivity contribution in [1.29, 1.82) is 0 Å². The van der Waals surface area contributed by atoms with Crippen LogP contribution >= 0.6 is 0 Å². The maximum atomic E-state index is 13.1. The van der Waals surface area contributed by atoms with Crippen molar-refractivity contribution in [3.05, 3.63) is 60.2 Å². The van der Waals surface area contributed by atoms with E-state index in [2.05, 4.69) is 24.8 Å². The van der Waals surface area contributed by atoms with E-state index in [0.717, 1.165) is 37.2 Å². The van der Waals surface area contributed by atoms with E-state index in [4.69, 9.17) is 9.47 Å². The molecule has 2 saturated heterocycles. The first-order chi connectivity index (χ1) is 16.3. The van der Waals surface area contributed by atoms with E-state index in [1.807, 2.05) is 36.4 Å². The second kappa shape index (κ2) is 9.04. The molecule has 7 nitrogen and oxygen atoms in total. The molecule has 0 aliphatic carbocycles. The van der Waals surface area contributed by atoms with Gasteiger partial charge in [0.15, 0.2) is 0 Å². The Hall–Kier alpha value is -2.90. The van der Waals surface area contributed by atoms with E-state index in [-0.39, 0.29) is 42.7 Å². The van der Waals surface area contributed by atoms with Gasteiger partial charge in [0, 0.05) is 30.3 Å². The Labute approximate surface area is 200 Å². The van der Waals surface area contributed by atoms with Gasteiger partial charge in [0.25, 0.3) is 0 Å². The minimum atomic E-state index is -1.03. The molecule has 0 aromatic heterocycles. The number of piperidine rings is 1. The summed E-state index contributed by atoms with van der Waals surface area (Å²) in [5, 5.41) is 9.35. The monoisotopic (exact) mass is 464 g/mol. The van der Waals surface area contributed by atoms with Crippen molar-refractivity contribution in [2.24, 2.45) is 11.8 Å². The fourth-order valence-corrected chi connectivity index (χ4v) is 5.82. The van der Waals surface area contributed by atoms with Gasteiger partial charge in [-0.3, -0.25) is 14.5 Å². The Balaban J connectivity index is 1.28. The van der Waals surface area contributed by atoms with Crippen molar-refractivity contribution < 1.29 is 24.2 Å². The predicted molar refractivity (Wildman–Crippen MR) is 128 cm³/mol. The van der Waals surface area contributed by atoms with Crippen LogP contribution in [0.5, 0.6) is 5.75 Å². The van der Waals surface area contributed by atoms with Gasteiger partial charge in [0.05, 0.1) is 18.8 Å². The summed E-state index contributed by atoms with van der Waals surface area (Å²) in [6.07, 6.45) is 2.01. The summed E-state index contributed by atoms with van der Waals surface area (Å²) in [6, 6.07) is 17.2. The average molecular weight is 465 g/mol. The molecule has 3 heterocycles. The number of para-hydroxylation sites is 2. The zero-order valence-electron chi connectivity index (χ0n) is 19.7. The first-order valence-electron chi connectivity index (χ1n) is 12.0. The smallest absolute Gasteiger partial charge is 0.323 e. The molecule has 34 heavy (non-hydrogen) atoms. The van der Waals surface area contributed by atoms with Crippen LogP contribution in [-0.4, -0.2) is 59.8 Å². The third-order valence-electron chi connectivity index (χ3n) is 7.50.